The molecule has 6 nitrogen and oxygen atoms in total. The fourth-order valence-electron chi connectivity index (χ4n) is 3.46. The number of alkyl halides is 3. The molecular formula is C29H29F3O6. The van der Waals surface area contributed by atoms with Crippen molar-refractivity contribution in [1.82, 2.24) is 0 Å². The third kappa shape index (κ3) is 9.80. The Morgan fingerprint density at radius 3 is 1.50 bits per heavy atom. The average molecular weight is 531 g/mol. The lowest BCUT2D eigenvalue weighted by Crippen LogP contribution is -2.17. The Hall–Kier alpha value is -4.01. The number of unbranched alkanes of at least 4 members (excludes halogenated alkanes) is 5. The highest BCUT2D eigenvalue weighted by atomic mass is 19.4. The Bertz CT molecular complexity index is 1160. The number of carbonyl (C=O) groups is 2. The molecule has 0 atom stereocenters. The van der Waals surface area contributed by atoms with Crippen molar-refractivity contribution >= 4 is 11.9 Å². The lowest BCUT2D eigenvalue weighted by Gasteiger charge is -2.10. The second kappa shape index (κ2) is 14.1. The van der Waals surface area contributed by atoms with Crippen molar-refractivity contribution in [2.45, 2.75) is 51.8 Å². The Balaban J connectivity index is 1.44. The monoisotopic (exact) mass is 530 g/mol. The Morgan fingerprint density at radius 1 is 0.605 bits per heavy atom. The fraction of sp³-hybridized carbons (Fsp3) is 0.310. The van der Waals surface area contributed by atoms with Gasteiger partial charge in [0, 0.05) is 0 Å². The third-order valence-corrected chi connectivity index (χ3v) is 5.43. The minimum atomic E-state index is -4.82. The van der Waals surface area contributed by atoms with Crippen LogP contribution in [0.2, 0.25) is 0 Å². The number of halogens is 3. The molecule has 3 rings (SSSR count). The second-order valence-electron chi connectivity index (χ2n) is 8.46. The standard InChI is InChI=1S/C29H29F3O6/c1-2-3-4-5-6-7-20-35-23-12-8-21(9-13-23)27(33)36-24-16-18-25(19-17-24)37-28(34)22-10-14-26(15-11-22)38-29(30,31)32/h8-19H,2-7,20H2,1H3. The van der Waals surface area contributed by atoms with Crippen molar-refractivity contribution in [2.75, 3.05) is 6.61 Å². The predicted octanol–water partition coefficient (Wildman–Crippen LogP) is 7.76. The van der Waals surface area contributed by atoms with E-state index in [4.69, 9.17) is 14.2 Å². The predicted molar refractivity (Wildman–Crippen MR) is 135 cm³/mol. The lowest BCUT2D eigenvalue weighted by molar-refractivity contribution is -0.274. The van der Waals surface area contributed by atoms with Crippen LogP contribution < -0.4 is 18.9 Å². The highest BCUT2D eigenvalue weighted by Gasteiger charge is 2.31. The molecule has 0 aliphatic heterocycles. The summed E-state index contributed by atoms with van der Waals surface area (Å²) < 4.78 is 56.8. The molecule has 0 saturated heterocycles. The zero-order chi connectivity index (χ0) is 27.4. The van der Waals surface area contributed by atoms with Crippen molar-refractivity contribution in [3.8, 4) is 23.0 Å². The van der Waals surface area contributed by atoms with E-state index in [-0.39, 0.29) is 17.1 Å². The molecular weight excluding hydrogens is 501 g/mol. The molecule has 0 fully saturated rings. The number of benzene rings is 3. The number of carbonyl (C=O) groups excluding carboxylic acids is 2. The summed E-state index contributed by atoms with van der Waals surface area (Å²) in [5.41, 5.74) is 0.389. The van der Waals surface area contributed by atoms with E-state index in [9.17, 15) is 22.8 Å². The van der Waals surface area contributed by atoms with E-state index in [2.05, 4.69) is 11.7 Å². The van der Waals surface area contributed by atoms with Crippen LogP contribution in [0.15, 0.2) is 72.8 Å². The van der Waals surface area contributed by atoms with Gasteiger partial charge in [0.2, 0.25) is 0 Å². The van der Waals surface area contributed by atoms with Gasteiger partial charge in [-0.1, -0.05) is 39.0 Å². The van der Waals surface area contributed by atoms with Gasteiger partial charge in [-0.05, 0) is 79.2 Å². The normalized spacial score (nSPS) is 11.1. The van der Waals surface area contributed by atoms with Gasteiger partial charge in [0.1, 0.15) is 23.0 Å². The molecule has 0 spiro atoms. The third-order valence-electron chi connectivity index (χ3n) is 5.43. The van der Waals surface area contributed by atoms with Gasteiger partial charge in [0.25, 0.3) is 0 Å². The summed E-state index contributed by atoms with van der Waals surface area (Å²) in [6.45, 7) is 2.82. The molecule has 9 heteroatoms. The van der Waals surface area contributed by atoms with E-state index in [1.165, 1.54) is 49.9 Å². The van der Waals surface area contributed by atoms with Gasteiger partial charge in [-0.25, -0.2) is 9.59 Å². The van der Waals surface area contributed by atoms with Crippen molar-refractivity contribution < 1.29 is 41.7 Å². The maximum absolute atomic E-state index is 12.4. The number of hydrogen-bond donors (Lipinski definition) is 0. The first kappa shape index (κ1) is 28.6. The van der Waals surface area contributed by atoms with Crippen LogP contribution in [0, 0.1) is 0 Å². The van der Waals surface area contributed by atoms with E-state index < -0.39 is 24.1 Å². The Morgan fingerprint density at radius 2 is 1.03 bits per heavy atom. The smallest absolute Gasteiger partial charge is 0.494 e. The lowest BCUT2D eigenvalue weighted by atomic mass is 10.1. The van der Waals surface area contributed by atoms with E-state index in [0.29, 0.717) is 17.9 Å². The maximum atomic E-state index is 12.4. The first-order valence-corrected chi connectivity index (χ1v) is 12.4. The topological polar surface area (TPSA) is 71.1 Å². The molecule has 0 amide bonds. The molecule has 0 aliphatic carbocycles. The van der Waals surface area contributed by atoms with E-state index in [0.717, 1.165) is 37.1 Å². The minimum absolute atomic E-state index is 0.0365. The fourth-order valence-corrected chi connectivity index (χ4v) is 3.46. The highest BCUT2D eigenvalue weighted by molar-refractivity contribution is 5.92. The average Bonchev–Trinajstić information content (AvgIpc) is 2.89. The SMILES string of the molecule is CCCCCCCCOc1ccc(C(=O)Oc2ccc(OC(=O)c3ccc(OC(F)(F)F)cc3)cc2)cc1. The summed E-state index contributed by atoms with van der Waals surface area (Å²) in [6.07, 6.45) is 2.25. The van der Waals surface area contributed by atoms with Crippen LogP contribution in [0.25, 0.3) is 0 Å². The molecule has 38 heavy (non-hydrogen) atoms. The van der Waals surface area contributed by atoms with Crippen LogP contribution in [0.1, 0.15) is 66.2 Å². The molecule has 0 aromatic heterocycles. The van der Waals surface area contributed by atoms with Crippen LogP contribution in [0.3, 0.4) is 0 Å². The summed E-state index contributed by atoms with van der Waals surface area (Å²) in [4.78, 5) is 24.7. The van der Waals surface area contributed by atoms with Crippen molar-refractivity contribution in [3.05, 3.63) is 83.9 Å². The molecule has 3 aromatic carbocycles. The van der Waals surface area contributed by atoms with Crippen molar-refractivity contribution in [2.24, 2.45) is 0 Å². The molecule has 0 unspecified atom stereocenters. The quantitative estimate of drug-likeness (QED) is 0.128. The van der Waals surface area contributed by atoms with Gasteiger partial charge >= 0.3 is 18.3 Å². The number of rotatable bonds is 13. The van der Waals surface area contributed by atoms with Gasteiger partial charge in [-0.3, -0.25) is 0 Å². The van der Waals surface area contributed by atoms with Crippen LogP contribution in [0.4, 0.5) is 13.2 Å². The van der Waals surface area contributed by atoms with Crippen LogP contribution in [0.5, 0.6) is 23.0 Å². The Kier molecular flexibility index (Phi) is 10.6. The van der Waals surface area contributed by atoms with Crippen LogP contribution >= 0.6 is 0 Å². The zero-order valence-corrected chi connectivity index (χ0v) is 21.0. The summed E-state index contributed by atoms with van der Waals surface area (Å²) in [6, 6.07) is 16.8. The van der Waals surface area contributed by atoms with Gasteiger partial charge in [0.05, 0.1) is 17.7 Å². The van der Waals surface area contributed by atoms with E-state index in [1.807, 2.05) is 0 Å². The zero-order valence-electron chi connectivity index (χ0n) is 21.0. The molecule has 0 bridgehead atoms. The summed E-state index contributed by atoms with van der Waals surface area (Å²) in [5.74, 6) is -0.686. The van der Waals surface area contributed by atoms with Gasteiger partial charge < -0.3 is 18.9 Å². The van der Waals surface area contributed by atoms with Gasteiger partial charge in [0.15, 0.2) is 0 Å². The minimum Gasteiger partial charge on any atom is -0.494 e. The van der Waals surface area contributed by atoms with Crippen molar-refractivity contribution in [1.29, 1.82) is 0 Å². The summed E-state index contributed by atoms with van der Waals surface area (Å²) >= 11 is 0. The first-order chi connectivity index (χ1) is 18.2. The number of ether oxygens (including phenoxy) is 4. The van der Waals surface area contributed by atoms with E-state index >= 15 is 0 Å². The molecule has 0 N–H and O–H groups in total. The molecule has 0 aliphatic rings. The number of hydrogen-bond acceptors (Lipinski definition) is 6. The molecule has 0 radical (unpaired) electrons. The van der Waals surface area contributed by atoms with Gasteiger partial charge in [-0.2, -0.15) is 0 Å². The maximum Gasteiger partial charge on any atom is 0.573 e. The summed E-state index contributed by atoms with van der Waals surface area (Å²) in [5, 5.41) is 0. The summed E-state index contributed by atoms with van der Waals surface area (Å²) in [7, 11) is 0. The second-order valence-corrected chi connectivity index (χ2v) is 8.46. The molecule has 0 saturated carbocycles. The van der Waals surface area contributed by atoms with Gasteiger partial charge in [-0.15, -0.1) is 13.2 Å². The molecule has 3 aromatic rings. The largest absolute Gasteiger partial charge is 0.573 e. The van der Waals surface area contributed by atoms with Crippen LogP contribution in [-0.4, -0.2) is 24.9 Å². The molecule has 202 valence electrons. The highest BCUT2D eigenvalue weighted by Crippen LogP contribution is 2.24. The number of esters is 2. The van der Waals surface area contributed by atoms with E-state index in [1.54, 1.807) is 24.3 Å². The first-order valence-electron chi connectivity index (χ1n) is 12.4. The Labute approximate surface area is 219 Å². The van der Waals surface area contributed by atoms with Crippen molar-refractivity contribution in [3.63, 3.8) is 0 Å². The van der Waals surface area contributed by atoms with Crippen LogP contribution in [-0.2, 0) is 0 Å². The molecule has 0 heterocycles.